The van der Waals surface area contributed by atoms with Gasteiger partial charge in [-0.3, -0.25) is 4.79 Å². The van der Waals surface area contributed by atoms with Gasteiger partial charge in [0.1, 0.15) is 0 Å². The number of allylic oxidation sites excluding steroid dienone is 3. The number of esters is 1. The van der Waals surface area contributed by atoms with E-state index in [9.17, 15) is 33.9 Å². The second-order valence-corrected chi connectivity index (χ2v) is 16.1. The van der Waals surface area contributed by atoms with Crippen LogP contribution < -0.4 is 36.5 Å². The molecular formula is C39H32IN2O9-. The zero-order chi connectivity index (χ0) is 36.6. The van der Waals surface area contributed by atoms with E-state index in [2.05, 4.69) is 0 Å². The van der Waals surface area contributed by atoms with Crippen molar-refractivity contribution in [2.75, 3.05) is 9.83 Å². The van der Waals surface area contributed by atoms with Gasteiger partial charge in [-0.25, -0.2) is 0 Å². The van der Waals surface area contributed by atoms with Crippen LogP contribution in [-0.2, 0) is 9.59 Å². The summed E-state index contributed by atoms with van der Waals surface area (Å²) in [4.78, 5) is 84.4. The normalized spacial score (nSPS) is 20.0. The summed E-state index contributed by atoms with van der Waals surface area (Å²) in [6.07, 6.45) is 1.99. The summed E-state index contributed by atoms with van der Waals surface area (Å²) in [6, 6.07) is 16.9. The van der Waals surface area contributed by atoms with Crippen LogP contribution in [0.2, 0.25) is 0 Å². The number of hydrogen-bond acceptors (Lipinski definition) is 9. The molecule has 12 heteroatoms. The number of anilines is 1. The Balaban J connectivity index is 1.17. The fourth-order valence-electron chi connectivity index (χ4n) is 6.68. The van der Waals surface area contributed by atoms with E-state index in [-0.39, 0.29) is 57.2 Å². The Hall–Kier alpha value is -5.21. The Bertz CT molecular complexity index is 2370. The number of fused-ring (bicyclic) bond motifs is 3. The van der Waals surface area contributed by atoms with Crippen molar-refractivity contribution < 1.29 is 59.4 Å². The average Bonchev–Trinajstić information content (AvgIpc) is 3.47. The zero-order valence-corrected chi connectivity index (χ0v) is 30.4. The van der Waals surface area contributed by atoms with Crippen molar-refractivity contribution >= 4 is 46.1 Å². The first-order valence-electron chi connectivity index (χ1n) is 16.0. The number of aliphatic hydroxyl groups excluding tert-OH is 1. The Morgan fingerprint density at radius 2 is 1.69 bits per heavy atom. The summed E-state index contributed by atoms with van der Waals surface area (Å²) >= 11 is -0.593. The quantitative estimate of drug-likeness (QED) is 0.0589. The van der Waals surface area contributed by atoms with Gasteiger partial charge < -0.3 is 10.0 Å². The molecule has 1 aliphatic carbocycles. The van der Waals surface area contributed by atoms with Crippen molar-refractivity contribution in [3.8, 4) is 5.75 Å². The molecule has 0 radical (unpaired) electrons. The van der Waals surface area contributed by atoms with Crippen molar-refractivity contribution in [3.63, 3.8) is 0 Å². The van der Waals surface area contributed by atoms with Crippen LogP contribution in [0.4, 0.5) is 5.69 Å². The molecule has 1 fully saturated rings. The third-order valence-corrected chi connectivity index (χ3v) is 11.3. The van der Waals surface area contributed by atoms with Gasteiger partial charge in [-0.15, -0.1) is 0 Å². The minimum absolute atomic E-state index is 0.0781. The fourth-order valence-corrected chi connectivity index (χ4v) is 7.95. The molecule has 3 aliphatic rings. The van der Waals surface area contributed by atoms with Crippen LogP contribution in [0, 0.1) is 8.99 Å². The van der Waals surface area contributed by atoms with Crippen molar-refractivity contribution in [2.45, 2.75) is 45.9 Å². The number of amides is 3. The van der Waals surface area contributed by atoms with Crippen molar-refractivity contribution in [3.05, 3.63) is 126 Å². The van der Waals surface area contributed by atoms with Crippen LogP contribution in [0.25, 0.3) is 11.0 Å². The van der Waals surface area contributed by atoms with E-state index < -0.39 is 67.6 Å². The van der Waals surface area contributed by atoms with Gasteiger partial charge in [0.15, 0.2) is 6.23 Å². The molecule has 1 N–H and O–H groups in total. The van der Waals surface area contributed by atoms with Crippen molar-refractivity contribution in [1.82, 2.24) is 4.90 Å². The summed E-state index contributed by atoms with van der Waals surface area (Å²) in [7, 11) is 0. The number of benzene rings is 3. The van der Waals surface area contributed by atoms with Gasteiger partial charge in [0.2, 0.25) is 0 Å². The first-order chi connectivity index (χ1) is 24.1. The van der Waals surface area contributed by atoms with E-state index in [0.29, 0.717) is 10.9 Å². The number of halogens is 1. The van der Waals surface area contributed by atoms with Crippen LogP contribution in [-0.4, -0.2) is 49.9 Å². The SMILES string of the molecule is C[I-]c1cc(C(=O)Oc2ccc3ccc(=O)oc3c2)cc(N2C(=O)C3=CC(C(=O)c4ccc5c(c4)C(=O)N(C(C)(C)C)C5O)=CCC3(C)C2=O)c1. The third kappa shape index (κ3) is 5.72. The number of imide groups is 1. The molecular weight excluding hydrogens is 767 g/mol. The Labute approximate surface area is 302 Å². The molecule has 3 aromatic carbocycles. The van der Waals surface area contributed by atoms with Crippen molar-refractivity contribution in [2.24, 2.45) is 5.41 Å². The van der Waals surface area contributed by atoms with E-state index in [4.69, 9.17) is 9.15 Å². The number of Topliss-reactive ketones (excluding diaryl/α,β-unsaturated/α-hetero) is 1. The predicted molar refractivity (Wildman–Crippen MR) is 182 cm³/mol. The van der Waals surface area contributed by atoms with Crippen LogP contribution in [0.1, 0.15) is 77.0 Å². The number of aliphatic hydroxyl groups is 1. The molecule has 260 valence electrons. The van der Waals surface area contributed by atoms with Crippen LogP contribution in [0.5, 0.6) is 5.75 Å². The zero-order valence-electron chi connectivity index (χ0n) is 28.3. The number of rotatable bonds is 6. The molecule has 7 rings (SSSR count). The molecule has 1 saturated heterocycles. The second-order valence-electron chi connectivity index (χ2n) is 13.8. The summed E-state index contributed by atoms with van der Waals surface area (Å²) in [5.41, 5.74) is -0.660. The molecule has 2 aliphatic heterocycles. The summed E-state index contributed by atoms with van der Waals surface area (Å²) < 4.78 is 11.6. The number of alkyl halides is 1. The fraction of sp³-hybridized carbons (Fsp3) is 0.231. The van der Waals surface area contributed by atoms with Crippen LogP contribution >= 0.6 is 0 Å². The number of ketones is 1. The van der Waals surface area contributed by atoms with Crippen LogP contribution in [0.15, 0.2) is 99.2 Å². The summed E-state index contributed by atoms with van der Waals surface area (Å²) in [5, 5.41) is 11.5. The number of carbonyl (C=O) groups is 5. The Morgan fingerprint density at radius 1 is 0.941 bits per heavy atom. The molecule has 0 bridgehead atoms. The maximum atomic E-state index is 14.0. The molecule has 3 amide bonds. The Morgan fingerprint density at radius 3 is 2.41 bits per heavy atom. The van der Waals surface area contributed by atoms with Gasteiger partial charge in [-0.05, 0) is 20.8 Å². The van der Waals surface area contributed by atoms with Crippen LogP contribution in [0.3, 0.4) is 0 Å². The molecule has 0 spiro atoms. The monoisotopic (exact) mass is 799 g/mol. The number of hydrogen-bond donors (Lipinski definition) is 1. The Kier molecular flexibility index (Phi) is 8.22. The molecule has 2 atom stereocenters. The van der Waals surface area contributed by atoms with E-state index in [1.165, 1.54) is 35.2 Å². The number of ether oxygens (including phenoxy) is 1. The minimum atomic E-state index is -1.25. The number of carbonyl (C=O) groups excluding carboxylic acids is 5. The van der Waals surface area contributed by atoms with E-state index in [0.717, 1.165) is 8.47 Å². The van der Waals surface area contributed by atoms with E-state index >= 15 is 0 Å². The second kappa shape index (κ2) is 12.2. The van der Waals surface area contributed by atoms with Gasteiger partial charge >= 0.3 is 245 Å². The van der Waals surface area contributed by atoms with E-state index in [1.54, 1.807) is 55.5 Å². The van der Waals surface area contributed by atoms with E-state index in [1.807, 2.05) is 25.7 Å². The first kappa shape index (κ1) is 34.2. The number of nitrogens with zero attached hydrogens (tertiary/aromatic N) is 2. The maximum absolute atomic E-state index is 14.0. The third-order valence-electron chi connectivity index (χ3n) is 9.41. The van der Waals surface area contributed by atoms with Gasteiger partial charge in [-0.2, -0.15) is 0 Å². The molecule has 11 nitrogen and oxygen atoms in total. The van der Waals surface area contributed by atoms with Gasteiger partial charge in [0.05, 0.1) is 0 Å². The predicted octanol–water partition coefficient (Wildman–Crippen LogP) is 2.16. The first-order valence-corrected chi connectivity index (χ1v) is 19.3. The van der Waals surface area contributed by atoms with Gasteiger partial charge in [0, 0.05) is 11.1 Å². The standard InChI is InChI=1S/C39H32IN2O9/c1-38(2,3)42-33(45)27-10-7-21(16-28(27)34(42)46)32(44)22-12-13-39(4)29(17-22)35(47)41(37(39)49)25-15-23(14-24(18-25)40-5)36(48)50-26-9-6-20-8-11-31(43)51-30(20)19-26/h6-12,14-19,33,45H,13H2,1-5H3/q-1. The molecule has 0 saturated carbocycles. The molecule has 2 unspecified atom stereocenters. The van der Waals surface area contributed by atoms with Gasteiger partial charge in [0.25, 0.3) is 5.91 Å². The molecule has 4 aromatic rings. The average molecular weight is 800 g/mol. The summed E-state index contributed by atoms with van der Waals surface area (Å²) in [5.74, 6) is -2.49. The van der Waals surface area contributed by atoms with Crippen molar-refractivity contribution in [1.29, 1.82) is 0 Å². The molecule has 1 aromatic heterocycles. The molecule has 3 heterocycles. The van der Waals surface area contributed by atoms with Gasteiger partial charge in [-0.1, -0.05) is 0 Å². The summed E-state index contributed by atoms with van der Waals surface area (Å²) in [6.45, 7) is 7.09. The molecule has 51 heavy (non-hydrogen) atoms. The topological polar surface area (TPSA) is 152 Å².